The number of nitrogens with zero attached hydrogens (tertiary/aromatic N) is 4. The molecular formula is C26H23FN4O3S. The molecule has 1 aliphatic rings. The maximum absolute atomic E-state index is 14.5. The number of halogens is 1. The van der Waals surface area contributed by atoms with Crippen LogP contribution in [0.15, 0.2) is 65.0 Å². The van der Waals surface area contributed by atoms with Crippen molar-refractivity contribution in [3.8, 4) is 11.1 Å². The molecule has 0 saturated carbocycles. The topological polar surface area (TPSA) is 75.5 Å². The molecule has 1 aliphatic heterocycles. The predicted molar refractivity (Wildman–Crippen MR) is 135 cm³/mol. The van der Waals surface area contributed by atoms with Crippen molar-refractivity contribution >= 4 is 38.9 Å². The molecule has 3 heterocycles. The molecule has 35 heavy (non-hydrogen) atoms. The third kappa shape index (κ3) is 4.46. The smallest absolute Gasteiger partial charge is 0.263 e. The van der Waals surface area contributed by atoms with Crippen molar-refractivity contribution < 1.29 is 14.0 Å². The normalized spacial score (nSPS) is 13.9. The van der Waals surface area contributed by atoms with Gasteiger partial charge in [-0.05, 0) is 30.7 Å². The van der Waals surface area contributed by atoms with Gasteiger partial charge < -0.3 is 9.80 Å². The molecule has 2 aromatic carbocycles. The van der Waals surface area contributed by atoms with E-state index in [2.05, 4.69) is 4.98 Å². The summed E-state index contributed by atoms with van der Waals surface area (Å²) in [6.07, 6.45) is 1.43. The van der Waals surface area contributed by atoms with Crippen LogP contribution in [0, 0.1) is 5.82 Å². The molecule has 0 atom stereocenters. The maximum Gasteiger partial charge on any atom is 0.263 e. The molecule has 1 fully saturated rings. The van der Waals surface area contributed by atoms with Gasteiger partial charge in [0.15, 0.2) is 5.78 Å². The molecule has 0 bridgehead atoms. The van der Waals surface area contributed by atoms with Gasteiger partial charge in [0, 0.05) is 42.7 Å². The zero-order chi connectivity index (χ0) is 24.5. The molecule has 9 heteroatoms. The molecule has 1 saturated heterocycles. The summed E-state index contributed by atoms with van der Waals surface area (Å²) < 4.78 is 15.9. The van der Waals surface area contributed by atoms with Crippen molar-refractivity contribution in [3.05, 3.63) is 82.0 Å². The molecule has 0 spiro atoms. The van der Waals surface area contributed by atoms with Crippen LogP contribution in [0.4, 0.5) is 10.1 Å². The van der Waals surface area contributed by atoms with E-state index in [1.807, 2.05) is 40.6 Å². The number of amides is 1. The second-order valence-corrected chi connectivity index (χ2v) is 9.32. The van der Waals surface area contributed by atoms with Gasteiger partial charge in [0.05, 0.1) is 17.4 Å². The quantitative estimate of drug-likeness (QED) is 0.398. The number of ketones is 1. The van der Waals surface area contributed by atoms with Crippen LogP contribution >= 0.6 is 11.3 Å². The fourth-order valence-electron chi connectivity index (χ4n) is 4.34. The third-order valence-electron chi connectivity index (χ3n) is 6.28. The fourth-order valence-corrected chi connectivity index (χ4v) is 5.24. The van der Waals surface area contributed by atoms with Crippen LogP contribution in [0.2, 0.25) is 0 Å². The number of rotatable bonds is 5. The molecular weight excluding hydrogens is 467 g/mol. The van der Waals surface area contributed by atoms with Gasteiger partial charge in [-0.1, -0.05) is 30.3 Å². The zero-order valence-electron chi connectivity index (χ0n) is 19.1. The first-order chi connectivity index (χ1) is 16.9. The molecule has 5 rings (SSSR count). The maximum atomic E-state index is 14.5. The monoisotopic (exact) mass is 490 g/mol. The van der Waals surface area contributed by atoms with Crippen molar-refractivity contribution in [1.29, 1.82) is 0 Å². The van der Waals surface area contributed by atoms with Crippen molar-refractivity contribution in [2.75, 3.05) is 31.1 Å². The summed E-state index contributed by atoms with van der Waals surface area (Å²) in [4.78, 5) is 46.3. The Hall–Kier alpha value is -3.85. The van der Waals surface area contributed by atoms with Crippen LogP contribution in [-0.2, 0) is 11.3 Å². The Balaban J connectivity index is 1.30. The predicted octanol–water partition coefficient (Wildman–Crippen LogP) is 3.82. The van der Waals surface area contributed by atoms with E-state index in [-0.39, 0.29) is 23.8 Å². The minimum Gasteiger partial charge on any atom is -0.366 e. The minimum atomic E-state index is -0.451. The van der Waals surface area contributed by atoms with E-state index >= 15 is 0 Å². The highest BCUT2D eigenvalue weighted by molar-refractivity contribution is 7.17. The first-order valence-corrected chi connectivity index (χ1v) is 12.2. The Morgan fingerprint density at radius 2 is 1.80 bits per heavy atom. The zero-order valence-corrected chi connectivity index (χ0v) is 19.9. The van der Waals surface area contributed by atoms with Crippen molar-refractivity contribution in [1.82, 2.24) is 14.5 Å². The third-order valence-corrected chi connectivity index (χ3v) is 7.16. The van der Waals surface area contributed by atoms with Crippen molar-refractivity contribution in [2.24, 2.45) is 0 Å². The van der Waals surface area contributed by atoms with Crippen LogP contribution < -0.4 is 10.5 Å². The number of anilines is 1. The lowest BCUT2D eigenvalue weighted by Crippen LogP contribution is -2.50. The van der Waals surface area contributed by atoms with Crippen LogP contribution in [0.3, 0.4) is 0 Å². The van der Waals surface area contributed by atoms with Crippen LogP contribution in [0.1, 0.15) is 17.3 Å². The largest absolute Gasteiger partial charge is 0.366 e. The molecule has 1 amide bonds. The lowest BCUT2D eigenvalue weighted by molar-refractivity contribution is -0.132. The number of carbonyl (C=O) groups is 2. The lowest BCUT2D eigenvalue weighted by Gasteiger charge is -2.36. The molecule has 7 nitrogen and oxygen atoms in total. The number of fused-ring (bicyclic) bond motifs is 1. The fraction of sp³-hybridized carbons (Fsp3) is 0.231. The standard InChI is InChI=1S/C26H23FN4O3S/c1-17(32)19-7-8-22(21(27)13-19)29-9-11-30(12-10-29)23(33)14-31-16-28-25-24(26(31)34)20(15-35-25)18-5-3-2-4-6-18/h2-8,13,15-16H,9-12,14H2,1H3. The van der Waals surface area contributed by atoms with Crippen molar-refractivity contribution in [3.63, 3.8) is 0 Å². The minimum absolute atomic E-state index is 0.104. The molecule has 178 valence electrons. The van der Waals surface area contributed by atoms with E-state index in [4.69, 9.17) is 0 Å². The molecule has 0 radical (unpaired) electrons. The average Bonchev–Trinajstić information content (AvgIpc) is 3.31. The van der Waals surface area contributed by atoms with Gasteiger partial charge in [-0.3, -0.25) is 19.0 Å². The van der Waals surface area contributed by atoms with E-state index in [1.54, 1.807) is 17.0 Å². The second-order valence-electron chi connectivity index (χ2n) is 8.46. The second kappa shape index (κ2) is 9.42. The van der Waals surface area contributed by atoms with E-state index in [1.165, 1.54) is 35.2 Å². The Bertz CT molecular complexity index is 1470. The molecule has 4 aromatic rings. The van der Waals surface area contributed by atoms with E-state index in [0.29, 0.717) is 47.6 Å². The van der Waals surface area contributed by atoms with Crippen molar-refractivity contribution in [2.45, 2.75) is 13.5 Å². The highest BCUT2D eigenvalue weighted by Gasteiger charge is 2.24. The number of aromatic nitrogens is 2. The van der Waals surface area contributed by atoms with E-state index in [9.17, 15) is 18.8 Å². The van der Waals surface area contributed by atoms with Crippen LogP contribution in [0.5, 0.6) is 0 Å². The molecule has 0 unspecified atom stereocenters. The Morgan fingerprint density at radius 1 is 1.06 bits per heavy atom. The number of hydrogen-bond donors (Lipinski definition) is 0. The van der Waals surface area contributed by atoms with Crippen LogP contribution in [0.25, 0.3) is 21.3 Å². The highest BCUT2D eigenvalue weighted by Crippen LogP contribution is 2.30. The summed E-state index contributed by atoms with van der Waals surface area (Å²) in [6.45, 7) is 3.02. The SMILES string of the molecule is CC(=O)c1ccc(N2CCN(C(=O)Cn3cnc4scc(-c5ccccc5)c4c3=O)CC2)c(F)c1. The summed E-state index contributed by atoms with van der Waals surface area (Å²) in [5.74, 6) is -0.822. The number of carbonyl (C=O) groups excluding carboxylic acids is 2. The number of hydrogen-bond acceptors (Lipinski definition) is 6. The van der Waals surface area contributed by atoms with Gasteiger partial charge in [-0.15, -0.1) is 11.3 Å². The van der Waals surface area contributed by atoms with Crippen LogP contribution in [-0.4, -0.2) is 52.3 Å². The summed E-state index contributed by atoms with van der Waals surface area (Å²) in [5, 5.41) is 2.44. The summed E-state index contributed by atoms with van der Waals surface area (Å²) in [5.41, 5.74) is 2.25. The number of Topliss-reactive ketones (excluding diaryl/α,β-unsaturated/α-hetero) is 1. The Labute approximate surface area is 205 Å². The molecule has 0 N–H and O–H groups in total. The number of benzene rings is 2. The highest BCUT2D eigenvalue weighted by atomic mass is 32.1. The number of thiophene rings is 1. The molecule has 0 aliphatic carbocycles. The first kappa shape index (κ1) is 22.9. The van der Waals surface area contributed by atoms with Gasteiger partial charge in [0.25, 0.3) is 5.56 Å². The summed E-state index contributed by atoms with van der Waals surface area (Å²) in [7, 11) is 0. The first-order valence-electron chi connectivity index (χ1n) is 11.3. The van der Waals surface area contributed by atoms with Gasteiger partial charge >= 0.3 is 0 Å². The van der Waals surface area contributed by atoms with E-state index in [0.717, 1.165) is 11.1 Å². The van der Waals surface area contributed by atoms with Gasteiger partial charge in [-0.2, -0.15) is 0 Å². The van der Waals surface area contributed by atoms with Gasteiger partial charge in [0.2, 0.25) is 5.91 Å². The number of piperazine rings is 1. The van der Waals surface area contributed by atoms with E-state index < -0.39 is 5.82 Å². The Morgan fingerprint density at radius 3 is 2.49 bits per heavy atom. The summed E-state index contributed by atoms with van der Waals surface area (Å²) in [6, 6.07) is 14.1. The van der Waals surface area contributed by atoms with Gasteiger partial charge in [-0.25, -0.2) is 9.37 Å². The Kier molecular flexibility index (Phi) is 6.17. The molecule has 2 aromatic heterocycles. The van der Waals surface area contributed by atoms with Gasteiger partial charge in [0.1, 0.15) is 17.2 Å². The average molecular weight is 491 g/mol. The summed E-state index contributed by atoms with van der Waals surface area (Å²) >= 11 is 1.41. The lowest BCUT2D eigenvalue weighted by atomic mass is 10.1.